The van der Waals surface area contributed by atoms with Crippen molar-refractivity contribution >= 4 is 11.4 Å². The molecule has 2 rings (SSSR count). The summed E-state index contributed by atoms with van der Waals surface area (Å²) in [7, 11) is 0. The predicted molar refractivity (Wildman–Crippen MR) is 70.6 cm³/mol. The Morgan fingerprint density at radius 2 is 2.12 bits per heavy atom. The zero-order chi connectivity index (χ0) is 11.8. The van der Waals surface area contributed by atoms with Gasteiger partial charge in [-0.05, 0) is 36.8 Å². The predicted octanol–water partition coefficient (Wildman–Crippen LogP) is 3.57. The molecule has 88 valence electrons. The van der Waals surface area contributed by atoms with Crippen LogP contribution in [-0.4, -0.2) is 6.04 Å². The maximum atomic E-state index is 6.03. The molecule has 0 heterocycles. The molecule has 2 nitrogen and oxygen atoms in total. The summed E-state index contributed by atoms with van der Waals surface area (Å²) in [4.78, 5) is 0. The number of hydrogen-bond acceptors (Lipinski definition) is 2. The molecule has 2 heteroatoms. The highest BCUT2D eigenvalue weighted by atomic mass is 15.0. The third kappa shape index (κ3) is 2.01. The molecule has 0 aromatic heterocycles. The van der Waals surface area contributed by atoms with Crippen LogP contribution >= 0.6 is 0 Å². The third-order valence-corrected chi connectivity index (χ3v) is 3.88. The molecule has 1 saturated carbocycles. The second-order valence-corrected chi connectivity index (χ2v) is 5.62. The highest BCUT2D eigenvalue weighted by molar-refractivity contribution is 5.70. The lowest BCUT2D eigenvalue weighted by Crippen LogP contribution is -2.31. The number of rotatable bonds is 2. The Kier molecular flexibility index (Phi) is 2.83. The van der Waals surface area contributed by atoms with Gasteiger partial charge in [0.1, 0.15) is 0 Å². The number of anilines is 2. The Balaban J connectivity index is 2.21. The van der Waals surface area contributed by atoms with Crippen molar-refractivity contribution in [3.05, 3.63) is 23.8 Å². The lowest BCUT2D eigenvalue weighted by atomic mass is 9.87. The molecule has 0 aliphatic heterocycles. The van der Waals surface area contributed by atoms with Crippen molar-refractivity contribution < 1.29 is 0 Å². The molecule has 1 aliphatic rings. The normalized spacial score (nSPS) is 23.3. The maximum absolute atomic E-state index is 6.03. The first kappa shape index (κ1) is 11.3. The van der Waals surface area contributed by atoms with Gasteiger partial charge in [-0.3, -0.25) is 0 Å². The molecule has 1 atom stereocenters. The fourth-order valence-electron chi connectivity index (χ4n) is 2.66. The highest BCUT2D eigenvalue weighted by Crippen LogP contribution is 2.40. The second-order valence-electron chi connectivity index (χ2n) is 5.62. The molecule has 1 aromatic carbocycles. The van der Waals surface area contributed by atoms with Gasteiger partial charge >= 0.3 is 0 Å². The zero-order valence-corrected chi connectivity index (χ0v) is 10.5. The van der Waals surface area contributed by atoms with Crippen LogP contribution < -0.4 is 11.1 Å². The Morgan fingerprint density at radius 1 is 1.38 bits per heavy atom. The Labute approximate surface area is 98.2 Å². The number of nitrogens with one attached hydrogen (secondary N) is 1. The molecule has 1 fully saturated rings. The number of nitrogens with two attached hydrogens (primary N) is 1. The van der Waals surface area contributed by atoms with E-state index in [-0.39, 0.29) is 0 Å². The zero-order valence-electron chi connectivity index (χ0n) is 10.5. The topological polar surface area (TPSA) is 38.0 Å². The van der Waals surface area contributed by atoms with Crippen LogP contribution in [0.25, 0.3) is 0 Å². The Morgan fingerprint density at radius 3 is 2.69 bits per heavy atom. The number of benzene rings is 1. The minimum atomic E-state index is 0.384. The maximum Gasteiger partial charge on any atom is 0.0605 e. The minimum absolute atomic E-state index is 0.384. The Hall–Kier alpha value is -1.18. The summed E-state index contributed by atoms with van der Waals surface area (Å²) in [6, 6.07) is 6.64. The lowest BCUT2D eigenvalue weighted by molar-refractivity contribution is 0.350. The van der Waals surface area contributed by atoms with Crippen LogP contribution in [0.3, 0.4) is 0 Å². The molecule has 0 spiro atoms. The van der Waals surface area contributed by atoms with Gasteiger partial charge in [-0.2, -0.15) is 0 Å². The van der Waals surface area contributed by atoms with E-state index in [1.54, 1.807) is 0 Å². The average Bonchev–Trinajstić information content (AvgIpc) is 2.52. The summed E-state index contributed by atoms with van der Waals surface area (Å²) in [5, 5.41) is 3.64. The summed E-state index contributed by atoms with van der Waals surface area (Å²) in [6.07, 6.45) is 3.87. The fourth-order valence-corrected chi connectivity index (χ4v) is 2.66. The molecule has 3 N–H and O–H groups in total. The average molecular weight is 218 g/mol. The van der Waals surface area contributed by atoms with Crippen LogP contribution in [0.2, 0.25) is 0 Å². The van der Waals surface area contributed by atoms with Crippen molar-refractivity contribution in [2.45, 2.75) is 46.1 Å². The summed E-state index contributed by atoms with van der Waals surface area (Å²) < 4.78 is 0. The van der Waals surface area contributed by atoms with Gasteiger partial charge in [0.05, 0.1) is 11.4 Å². The number of hydrogen-bond donors (Lipinski definition) is 2. The minimum Gasteiger partial charge on any atom is -0.397 e. The SMILES string of the molecule is Cc1cccc(N)c1NC1CCCC1(C)C. The molecular weight excluding hydrogens is 196 g/mol. The van der Waals surface area contributed by atoms with E-state index in [2.05, 4.69) is 32.2 Å². The first-order valence-electron chi connectivity index (χ1n) is 6.12. The highest BCUT2D eigenvalue weighted by Gasteiger charge is 2.34. The monoisotopic (exact) mass is 218 g/mol. The van der Waals surface area contributed by atoms with E-state index in [9.17, 15) is 0 Å². The van der Waals surface area contributed by atoms with Crippen molar-refractivity contribution in [2.75, 3.05) is 11.1 Å². The van der Waals surface area contributed by atoms with Crippen molar-refractivity contribution in [3.63, 3.8) is 0 Å². The summed E-state index contributed by atoms with van der Waals surface area (Å²) in [5.41, 5.74) is 9.64. The smallest absolute Gasteiger partial charge is 0.0605 e. The van der Waals surface area contributed by atoms with Crippen LogP contribution in [0.4, 0.5) is 11.4 Å². The first-order valence-corrected chi connectivity index (χ1v) is 6.12. The van der Waals surface area contributed by atoms with Gasteiger partial charge in [-0.1, -0.05) is 32.4 Å². The fraction of sp³-hybridized carbons (Fsp3) is 0.571. The quantitative estimate of drug-likeness (QED) is 0.745. The largest absolute Gasteiger partial charge is 0.397 e. The number of para-hydroxylation sites is 1. The molecule has 0 amide bonds. The number of aryl methyl sites for hydroxylation is 1. The van der Waals surface area contributed by atoms with Crippen LogP contribution in [0, 0.1) is 12.3 Å². The van der Waals surface area contributed by atoms with Crippen LogP contribution in [0.5, 0.6) is 0 Å². The number of nitrogen functional groups attached to an aromatic ring is 1. The lowest BCUT2D eigenvalue weighted by Gasteiger charge is -2.29. The van der Waals surface area contributed by atoms with Gasteiger partial charge in [-0.15, -0.1) is 0 Å². The molecular formula is C14H22N2. The van der Waals surface area contributed by atoms with Crippen LogP contribution in [0.1, 0.15) is 38.7 Å². The van der Waals surface area contributed by atoms with Crippen molar-refractivity contribution in [1.29, 1.82) is 0 Å². The van der Waals surface area contributed by atoms with E-state index in [0.29, 0.717) is 11.5 Å². The van der Waals surface area contributed by atoms with Gasteiger partial charge in [0, 0.05) is 6.04 Å². The summed E-state index contributed by atoms with van der Waals surface area (Å²) in [5.74, 6) is 0. The van der Waals surface area contributed by atoms with Gasteiger partial charge in [-0.25, -0.2) is 0 Å². The summed E-state index contributed by atoms with van der Waals surface area (Å²) in [6.45, 7) is 6.79. The van der Waals surface area contributed by atoms with Crippen molar-refractivity contribution in [3.8, 4) is 0 Å². The molecule has 1 aliphatic carbocycles. The van der Waals surface area contributed by atoms with E-state index < -0.39 is 0 Å². The molecule has 0 radical (unpaired) electrons. The molecule has 1 aromatic rings. The molecule has 0 saturated heterocycles. The van der Waals surface area contributed by atoms with E-state index in [0.717, 1.165) is 11.4 Å². The van der Waals surface area contributed by atoms with Gasteiger partial charge in [0.2, 0.25) is 0 Å². The van der Waals surface area contributed by atoms with E-state index >= 15 is 0 Å². The first-order chi connectivity index (χ1) is 7.50. The van der Waals surface area contributed by atoms with Gasteiger partial charge in [0.15, 0.2) is 0 Å². The summed E-state index contributed by atoms with van der Waals surface area (Å²) >= 11 is 0. The van der Waals surface area contributed by atoms with Crippen molar-refractivity contribution in [1.82, 2.24) is 0 Å². The van der Waals surface area contributed by atoms with E-state index in [1.165, 1.54) is 24.8 Å². The van der Waals surface area contributed by atoms with E-state index in [1.807, 2.05) is 12.1 Å². The van der Waals surface area contributed by atoms with E-state index in [4.69, 9.17) is 5.73 Å². The molecule has 0 bridgehead atoms. The Bertz CT molecular complexity index is 362. The molecule has 1 unspecified atom stereocenters. The van der Waals surface area contributed by atoms with Gasteiger partial charge < -0.3 is 11.1 Å². The van der Waals surface area contributed by atoms with Gasteiger partial charge in [0.25, 0.3) is 0 Å². The van der Waals surface area contributed by atoms with Crippen molar-refractivity contribution in [2.24, 2.45) is 5.41 Å². The van der Waals surface area contributed by atoms with Crippen LogP contribution in [-0.2, 0) is 0 Å². The second kappa shape index (κ2) is 4.00. The van der Waals surface area contributed by atoms with Crippen LogP contribution in [0.15, 0.2) is 18.2 Å². The molecule has 16 heavy (non-hydrogen) atoms. The third-order valence-electron chi connectivity index (χ3n) is 3.88. The standard InChI is InChI=1S/C14H22N2/c1-10-6-4-7-11(15)13(10)16-12-8-5-9-14(12,2)3/h4,6-7,12,16H,5,8-9,15H2,1-3H3.